The van der Waals surface area contributed by atoms with Crippen molar-refractivity contribution in [3.8, 4) is 16.8 Å². The first-order valence-electron chi connectivity index (χ1n) is 26.4. The third-order valence-corrected chi connectivity index (χ3v) is 18.1. The highest BCUT2D eigenvalue weighted by molar-refractivity contribution is 7.99. The number of nitrogens with zero attached hydrogens (tertiary/aromatic N) is 4. The number of aryl methyl sites for hydroxylation is 2. The van der Waals surface area contributed by atoms with E-state index in [4.69, 9.17) is 0 Å². The van der Waals surface area contributed by atoms with Crippen LogP contribution in [0.25, 0.3) is 77.0 Å². The van der Waals surface area contributed by atoms with Crippen molar-refractivity contribution in [1.82, 2.24) is 8.97 Å². The lowest BCUT2D eigenvalue weighted by molar-refractivity contribution is -0.617. The number of rotatable bonds is 1. The van der Waals surface area contributed by atoms with Crippen molar-refractivity contribution in [3.63, 3.8) is 0 Å². The minimum Gasteiger partial charge on any atom is -0.310 e. The zero-order valence-electron chi connectivity index (χ0n) is 45.0. The van der Waals surface area contributed by atoms with Gasteiger partial charge in [-0.05, 0) is 151 Å². The highest BCUT2D eigenvalue weighted by Gasteiger charge is 2.46. The van der Waals surface area contributed by atoms with Crippen LogP contribution in [0, 0.1) is 6.92 Å². The molecule has 0 saturated carbocycles. The van der Waals surface area contributed by atoms with E-state index in [1.165, 1.54) is 148 Å². The van der Waals surface area contributed by atoms with Gasteiger partial charge in [0.15, 0.2) is 11.0 Å². The summed E-state index contributed by atoms with van der Waals surface area (Å²) in [7, 11) is 2.24. The molecule has 0 aliphatic carbocycles. The van der Waals surface area contributed by atoms with Crippen LogP contribution in [0.5, 0.6) is 0 Å². The summed E-state index contributed by atoms with van der Waals surface area (Å²) in [5.74, 6) is 0. The summed E-state index contributed by atoms with van der Waals surface area (Å²) in [5, 5.41) is 6.52. The average molecular weight is 968 g/mol. The standard InChI is InChI=1S/C67H64BN4S/c1-37-23-26-43(59-44-19-15-16-20-49(44)72-52-22-18-17-21-51(52)69(14)63(72)58(37)59)38-29-54-60-55(30-38)71-53-28-25-40(65(5,6)7)35-56(53)73-57-36-42(67(11,12)13)34-48(62(57)71)68(60)47-33-41(66(8,9)10)32-46-45-31-39(64(2,3)4)24-27-50(45)70(54)61(46)47/h15-36H,1-14H3/q+1. The van der Waals surface area contributed by atoms with Gasteiger partial charge in [-0.1, -0.05) is 162 Å². The highest BCUT2D eigenvalue weighted by Crippen LogP contribution is 2.55. The van der Waals surface area contributed by atoms with Crippen LogP contribution in [0.4, 0.5) is 17.1 Å². The molecule has 73 heavy (non-hydrogen) atoms. The topological polar surface area (TPSA) is 16.5 Å². The first-order valence-corrected chi connectivity index (χ1v) is 27.3. The van der Waals surface area contributed by atoms with E-state index in [0.29, 0.717) is 0 Å². The summed E-state index contributed by atoms with van der Waals surface area (Å²) >= 11 is 1.97. The molecular weight excluding hydrogens is 904 g/mol. The number of imidazole rings is 1. The number of fused-ring (bicyclic) bond motifs is 17. The average Bonchev–Trinajstić information content (AvgIpc) is 3.83. The number of hydrogen-bond acceptors (Lipinski definition) is 2. The molecule has 0 fully saturated rings. The Morgan fingerprint density at radius 3 is 1.85 bits per heavy atom. The fourth-order valence-corrected chi connectivity index (χ4v) is 14.2. The van der Waals surface area contributed by atoms with Crippen molar-refractivity contribution in [1.29, 1.82) is 0 Å². The number of anilines is 3. The van der Waals surface area contributed by atoms with Crippen LogP contribution in [0.3, 0.4) is 0 Å². The fraction of sp³-hybridized carbons (Fsp3) is 0.269. The summed E-state index contributed by atoms with van der Waals surface area (Å²) in [6, 6.07) is 52.9. The minimum absolute atomic E-state index is 0.00566. The van der Waals surface area contributed by atoms with Gasteiger partial charge in [0.2, 0.25) is 0 Å². The number of hydrogen-bond donors (Lipinski definition) is 0. The van der Waals surface area contributed by atoms with Crippen LogP contribution < -0.4 is 25.9 Å². The van der Waals surface area contributed by atoms with Crippen LogP contribution in [-0.4, -0.2) is 15.7 Å². The molecule has 0 N–H and O–H groups in total. The van der Waals surface area contributed by atoms with Gasteiger partial charge in [-0.15, -0.1) is 0 Å². The molecule has 0 amide bonds. The Hall–Kier alpha value is -6.76. The predicted octanol–water partition coefficient (Wildman–Crippen LogP) is 15.6. The van der Waals surface area contributed by atoms with Crippen molar-refractivity contribution in [3.05, 3.63) is 161 Å². The number of aromatic nitrogens is 3. The first-order chi connectivity index (χ1) is 34.6. The second kappa shape index (κ2) is 14.5. The second-order valence-electron chi connectivity index (χ2n) is 25.8. The normalized spacial score (nSPS) is 14.3. The molecular formula is C67H64BN4S+. The zero-order valence-corrected chi connectivity index (χ0v) is 45.8. The van der Waals surface area contributed by atoms with E-state index in [2.05, 4.69) is 249 Å². The maximum absolute atomic E-state index is 2.69. The Morgan fingerprint density at radius 1 is 0.493 bits per heavy atom. The Labute approximate surface area is 434 Å². The number of para-hydroxylation sites is 3. The lowest BCUT2D eigenvalue weighted by Crippen LogP contribution is -2.61. The SMILES string of the molecule is Cc1ccc(-c2cc3c4c(c2)-n2c5ccc(C(C)(C)C)cc5c5cc(C(C)(C)C)cc(c52)B4c2cc(C(C)(C)C)cc4c2N3c2ccc(C(C)(C)C)cc2S4)c2c3ccccc3n3c4ccccc4[n+](C)c3c12. The summed E-state index contributed by atoms with van der Waals surface area (Å²) in [4.78, 5) is 5.34. The summed E-state index contributed by atoms with van der Waals surface area (Å²) in [6.45, 7) is 30.7. The highest BCUT2D eigenvalue weighted by atomic mass is 32.2. The molecule has 0 atom stereocenters. The Morgan fingerprint density at radius 2 is 1.11 bits per heavy atom. The molecule has 11 aromatic rings. The van der Waals surface area contributed by atoms with Crippen molar-refractivity contribution >= 4 is 112 Å². The molecule has 6 heteroatoms. The van der Waals surface area contributed by atoms with Gasteiger partial charge in [0.05, 0.1) is 29.3 Å². The van der Waals surface area contributed by atoms with Crippen molar-refractivity contribution < 1.29 is 4.57 Å². The Kier molecular flexibility index (Phi) is 8.92. The van der Waals surface area contributed by atoms with Gasteiger partial charge in [-0.3, -0.25) is 0 Å². The van der Waals surface area contributed by atoms with Crippen LogP contribution in [0.15, 0.2) is 143 Å². The van der Waals surface area contributed by atoms with Crippen LogP contribution in [0.1, 0.15) is 111 Å². The van der Waals surface area contributed by atoms with Crippen molar-refractivity contribution in [2.45, 2.75) is 121 Å². The first kappa shape index (κ1) is 44.9. The third kappa shape index (κ3) is 6.14. The fourth-order valence-electron chi connectivity index (χ4n) is 13.0. The third-order valence-electron chi connectivity index (χ3n) is 17.0. The molecule has 0 radical (unpaired) electrons. The summed E-state index contributed by atoms with van der Waals surface area (Å²) in [6.07, 6.45) is 0. The molecule has 8 aromatic carbocycles. The largest absolute Gasteiger partial charge is 0.310 e. The van der Waals surface area contributed by atoms with Gasteiger partial charge >= 0.3 is 0 Å². The van der Waals surface area contributed by atoms with Crippen LogP contribution >= 0.6 is 11.8 Å². The van der Waals surface area contributed by atoms with Gasteiger partial charge in [0.25, 0.3) is 12.4 Å². The molecule has 0 spiro atoms. The monoisotopic (exact) mass is 967 g/mol. The van der Waals surface area contributed by atoms with Gasteiger partial charge in [-0.25, -0.2) is 4.57 Å². The Bertz CT molecular complexity index is 4310. The van der Waals surface area contributed by atoms with E-state index in [1.54, 1.807) is 0 Å². The van der Waals surface area contributed by atoms with E-state index < -0.39 is 0 Å². The molecule has 3 aliphatic heterocycles. The van der Waals surface area contributed by atoms with Crippen LogP contribution in [-0.2, 0) is 28.7 Å². The van der Waals surface area contributed by atoms with Gasteiger partial charge in [0.1, 0.15) is 5.52 Å². The molecule has 360 valence electrons. The smallest absolute Gasteiger partial charge is 0.295 e. The van der Waals surface area contributed by atoms with Crippen LogP contribution in [0.2, 0.25) is 0 Å². The summed E-state index contributed by atoms with van der Waals surface area (Å²) in [5.41, 5.74) is 25.9. The molecule has 0 bridgehead atoms. The maximum atomic E-state index is 2.69. The Balaban J connectivity index is 1.19. The number of benzene rings is 8. The molecule has 0 unspecified atom stereocenters. The molecule has 3 aromatic heterocycles. The quantitative estimate of drug-likeness (QED) is 0.0926. The predicted molar refractivity (Wildman–Crippen MR) is 314 cm³/mol. The van der Waals surface area contributed by atoms with Gasteiger partial charge in [-0.2, -0.15) is 4.40 Å². The summed E-state index contributed by atoms with van der Waals surface area (Å²) < 4.78 is 7.60. The minimum atomic E-state index is -0.0656. The molecule has 3 aliphatic rings. The maximum Gasteiger partial charge on any atom is 0.295 e. The zero-order chi connectivity index (χ0) is 50.7. The van der Waals surface area contributed by atoms with Crippen molar-refractivity contribution in [2.75, 3.05) is 4.90 Å². The van der Waals surface area contributed by atoms with Gasteiger partial charge < -0.3 is 9.47 Å². The van der Waals surface area contributed by atoms with Gasteiger partial charge in [0, 0.05) is 48.2 Å². The van der Waals surface area contributed by atoms with E-state index in [9.17, 15) is 0 Å². The lowest BCUT2D eigenvalue weighted by atomic mass is 9.33. The molecule has 14 rings (SSSR count). The lowest BCUT2D eigenvalue weighted by Gasteiger charge is -2.45. The second-order valence-corrected chi connectivity index (χ2v) is 26.9. The van der Waals surface area contributed by atoms with E-state index in [-0.39, 0.29) is 28.4 Å². The molecule has 4 nitrogen and oxygen atoms in total. The molecule has 0 saturated heterocycles. The molecule has 6 heterocycles. The number of pyridine rings is 1. The van der Waals surface area contributed by atoms with Crippen molar-refractivity contribution in [2.24, 2.45) is 7.05 Å². The van der Waals surface area contributed by atoms with E-state index >= 15 is 0 Å². The van der Waals surface area contributed by atoms with E-state index in [1.807, 2.05) is 11.8 Å². The van der Waals surface area contributed by atoms with E-state index in [0.717, 1.165) is 0 Å².